The van der Waals surface area contributed by atoms with Crippen molar-refractivity contribution in [2.45, 2.75) is 57.9 Å². The molecule has 0 aromatic heterocycles. The van der Waals surface area contributed by atoms with E-state index in [1.165, 1.54) is 44.9 Å². The second-order valence-electron chi connectivity index (χ2n) is 5.96. The molecule has 0 saturated heterocycles. The zero-order valence-corrected chi connectivity index (χ0v) is 14.1. The molecule has 0 aromatic carbocycles. The second kappa shape index (κ2) is 13.5. The van der Waals surface area contributed by atoms with E-state index in [-0.39, 0.29) is 0 Å². The van der Waals surface area contributed by atoms with Crippen LogP contribution in [-0.4, -0.2) is 52.7 Å². The molecule has 0 amide bonds. The topological polar surface area (TPSA) is 39.7 Å². The molecule has 126 valence electrons. The van der Waals surface area contributed by atoms with Gasteiger partial charge in [-0.3, -0.25) is 0 Å². The summed E-state index contributed by atoms with van der Waals surface area (Å²) >= 11 is 0. The molecule has 21 heavy (non-hydrogen) atoms. The number of ether oxygens (including phenoxy) is 3. The van der Waals surface area contributed by atoms with Crippen molar-refractivity contribution in [3.63, 3.8) is 0 Å². The Bertz CT molecular complexity index is 226. The third kappa shape index (κ3) is 9.46. The van der Waals surface area contributed by atoms with E-state index in [0.29, 0.717) is 32.5 Å². The Morgan fingerprint density at radius 2 is 1.62 bits per heavy atom. The highest BCUT2D eigenvalue weighted by Crippen LogP contribution is 2.26. The van der Waals surface area contributed by atoms with Crippen molar-refractivity contribution >= 4 is 0 Å². The fraction of sp³-hybridized carbons (Fsp3) is 1.00. The minimum atomic E-state index is 0.658. The normalized spacial score (nSPS) is 23.1. The van der Waals surface area contributed by atoms with Crippen LogP contribution in [-0.2, 0) is 14.2 Å². The Balaban J connectivity index is 2.09. The lowest BCUT2D eigenvalue weighted by Gasteiger charge is -2.26. The molecule has 0 spiro atoms. The average Bonchev–Trinajstić information content (AvgIpc) is 2.73. The van der Waals surface area contributed by atoms with Gasteiger partial charge in [0.1, 0.15) is 0 Å². The van der Waals surface area contributed by atoms with Gasteiger partial charge in [-0.1, -0.05) is 26.2 Å². The zero-order valence-electron chi connectivity index (χ0n) is 14.1. The molecule has 4 nitrogen and oxygen atoms in total. The van der Waals surface area contributed by atoms with Crippen molar-refractivity contribution in [3.8, 4) is 0 Å². The number of methoxy groups -OCH3 is 1. The molecule has 0 bridgehead atoms. The molecule has 1 aliphatic carbocycles. The van der Waals surface area contributed by atoms with E-state index in [4.69, 9.17) is 14.2 Å². The van der Waals surface area contributed by atoms with Gasteiger partial charge < -0.3 is 19.5 Å². The molecular formula is C17H35NO3. The first-order valence-electron chi connectivity index (χ1n) is 8.76. The lowest BCUT2D eigenvalue weighted by Crippen LogP contribution is -2.36. The maximum absolute atomic E-state index is 5.72. The molecular weight excluding hydrogens is 266 g/mol. The minimum Gasteiger partial charge on any atom is -0.382 e. The Kier molecular flexibility index (Phi) is 12.1. The molecule has 2 atom stereocenters. The van der Waals surface area contributed by atoms with Gasteiger partial charge in [-0.2, -0.15) is 0 Å². The van der Waals surface area contributed by atoms with Crippen LogP contribution >= 0.6 is 0 Å². The molecule has 2 unspecified atom stereocenters. The largest absolute Gasteiger partial charge is 0.382 e. The van der Waals surface area contributed by atoms with E-state index in [2.05, 4.69) is 12.2 Å². The maximum Gasteiger partial charge on any atom is 0.0701 e. The zero-order chi connectivity index (χ0) is 15.2. The van der Waals surface area contributed by atoms with Crippen LogP contribution in [0.2, 0.25) is 0 Å². The number of hydrogen-bond donors (Lipinski definition) is 1. The van der Waals surface area contributed by atoms with E-state index >= 15 is 0 Å². The van der Waals surface area contributed by atoms with Gasteiger partial charge in [0, 0.05) is 19.8 Å². The summed E-state index contributed by atoms with van der Waals surface area (Å²) in [4.78, 5) is 0. The molecule has 0 aromatic rings. The van der Waals surface area contributed by atoms with Crippen molar-refractivity contribution < 1.29 is 14.2 Å². The monoisotopic (exact) mass is 301 g/mol. The van der Waals surface area contributed by atoms with Crippen molar-refractivity contribution in [2.24, 2.45) is 5.92 Å². The van der Waals surface area contributed by atoms with E-state index in [0.717, 1.165) is 19.1 Å². The van der Waals surface area contributed by atoms with Crippen LogP contribution in [0.5, 0.6) is 0 Å². The summed E-state index contributed by atoms with van der Waals surface area (Å²) in [6.45, 7) is 6.94. The molecule has 0 radical (unpaired) electrons. The summed E-state index contributed by atoms with van der Waals surface area (Å²) < 4.78 is 16.0. The van der Waals surface area contributed by atoms with Gasteiger partial charge in [-0.25, -0.2) is 0 Å². The first-order chi connectivity index (χ1) is 10.4. The van der Waals surface area contributed by atoms with E-state index in [1.807, 2.05) is 0 Å². The summed E-state index contributed by atoms with van der Waals surface area (Å²) in [7, 11) is 1.69. The highest BCUT2D eigenvalue weighted by atomic mass is 16.5. The molecule has 1 saturated carbocycles. The van der Waals surface area contributed by atoms with Crippen molar-refractivity contribution in [3.05, 3.63) is 0 Å². The van der Waals surface area contributed by atoms with E-state index in [1.54, 1.807) is 7.11 Å². The van der Waals surface area contributed by atoms with Crippen LogP contribution in [0.25, 0.3) is 0 Å². The smallest absolute Gasteiger partial charge is 0.0701 e. The third-order valence-corrected chi connectivity index (χ3v) is 4.25. The Morgan fingerprint density at radius 1 is 0.905 bits per heavy atom. The first kappa shape index (κ1) is 18.9. The van der Waals surface area contributed by atoms with Crippen LogP contribution < -0.4 is 5.32 Å². The quantitative estimate of drug-likeness (QED) is 0.444. The third-order valence-electron chi connectivity index (χ3n) is 4.25. The van der Waals surface area contributed by atoms with Gasteiger partial charge in [-0.05, 0) is 38.1 Å². The van der Waals surface area contributed by atoms with Crippen molar-refractivity contribution in [1.82, 2.24) is 5.32 Å². The highest BCUT2D eigenvalue weighted by molar-refractivity contribution is 4.79. The average molecular weight is 301 g/mol. The summed E-state index contributed by atoms with van der Waals surface area (Å²) in [5.41, 5.74) is 0. The van der Waals surface area contributed by atoms with Gasteiger partial charge in [0.15, 0.2) is 0 Å². The summed E-state index contributed by atoms with van der Waals surface area (Å²) in [6.07, 6.45) is 9.26. The molecule has 1 rings (SSSR count). The van der Waals surface area contributed by atoms with Gasteiger partial charge in [0.05, 0.1) is 26.4 Å². The van der Waals surface area contributed by atoms with Crippen LogP contribution in [0, 0.1) is 5.92 Å². The van der Waals surface area contributed by atoms with Crippen LogP contribution in [0.15, 0.2) is 0 Å². The minimum absolute atomic E-state index is 0.658. The van der Waals surface area contributed by atoms with Gasteiger partial charge in [0.2, 0.25) is 0 Å². The van der Waals surface area contributed by atoms with Gasteiger partial charge >= 0.3 is 0 Å². The van der Waals surface area contributed by atoms with Crippen LogP contribution in [0.3, 0.4) is 0 Å². The molecule has 1 aliphatic rings. The van der Waals surface area contributed by atoms with Crippen molar-refractivity contribution in [2.75, 3.05) is 46.7 Å². The van der Waals surface area contributed by atoms with Gasteiger partial charge in [-0.15, -0.1) is 0 Å². The summed E-state index contributed by atoms with van der Waals surface area (Å²) in [5.74, 6) is 0.786. The molecule has 1 fully saturated rings. The fourth-order valence-electron chi connectivity index (χ4n) is 3.03. The predicted molar refractivity (Wildman–Crippen MR) is 86.8 cm³/mol. The predicted octanol–water partition coefficient (Wildman–Crippen LogP) is 3.00. The van der Waals surface area contributed by atoms with Crippen LogP contribution in [0.1, 0.15) is 51.9 Å². The number of rotatable bonds is 12. The van der Waals surface area contributed by atoms with Gasteiger partial charge in [0.25, 0.3) is 0 Å². The van der Waals surface area contributed by atoms with Crippen LogP contribution in [0.4, 0.5) is 0 Å². The molecule has 0 aliphatic heterocycles. The number of hydrogen-bond acceptors (Lipinski definition) is 4. The Morgan fingerprint density at radius 3 is 2.38 bits per heavy atom. The summed E-state index contributed by atoms with van der Waals surface area (Å²) in [6, 6.07) is 0.703. The van der Waals surface area contributed by atoms with E-state index < -0.39 is 0 Å². The van der Waals surface area contributed by atoms with E-state index in [9.17, 15) is 0 Å². The second-order valence-corrected chi connectivity index (χ2v) is 5.96. The lowest BCUT2D eigenvalue weighted by molar-refractivity contribution is 0.0206. The Hall–Kier alpha value is -0.160. The molecule has 4 heteroatoms. The molecule has 1 N–H and O–H groups in total. The standard InChI is InChI=1S/C17H35NO3/c1-3-10-18-17-8-6-4-5-7-16(17)9-11-20-14-15-21-13-12-19-2/h16-18H,3-15H2,1-2H3. The highest BCUT2D eigenvalue weighted by Gasteiger charge is 2.22. The summed E-state index contributed by atoms with van der Waals surface area (Å²) in [5, 5.41) is 3.74. The van der Waals surface area contributed by atoms with Crippen molar-refractivity contribution in [1.29, 1.82) is 0 Å². The fourth-order valence-corrected chi connectivity index (χ4v) is 3.03. The molecule has 0 heterocycles. The SMILES string of the molecule is CCCNC1CCCCCC1CCOCCOCCOC. The first-order valence-corrected chi connectivity index (χ1v) is 8.76. The lowest BCUT2D eigenvalue weighted by atomic mass is 9.91. The number of nitrogens with one attached hydrogen (secondary N) is 1. The Labute approximate surface area is 130 Å². The maximum atomic E-state index is 5.72.